The number of carbonyl (C=O) groups excluding carboxylic acids is 1. The van der Waals surface area contributed by atoms with E-state index < -0.39 is 18.0 Å². The van der Waals surface area contributed by atoms with E-state index in [0.717, 1.165) is 5.56 Å². The molecule has 0 saturated heterocycles. The number of nitrogens with zero attached hydrogens (tertiary/aromatic N) is 3. The summed E-state index contributed by atoms with van der Waals surface area (Å²) in [6, 6.07) is 15.0. The van der Waals surface area contributed by atoms with Crippen molar-refractivity contribution in [1.82, 2.24) is 9.55 Å². The van der Waals surface area contributed by atoms with Gasteiger partial charge >= 0.3 is 11.9 Å². The molecule has 4 heterocycles. The van der Waals surface area contributed by atoms with Crippen LogP contribution in [0.4, 0.5) is 0 Å². The van der Waals surface area contributed by atoms with Gasteiger partial charge in [-0.05, 0) is 43.7 Å². The maximum absolute atomic E-state index is 13.6. The van der Waals surface area contributed by atoms with Gasteiger partial charge in [-0.25, -0.2) is 14.6 Å². The Morgan fingerprint density at radius 3 is 2.62 bits per heavy atom. The van der Waals surface area contributed by atoms with Gasteiger partial charge < -0.3 is 14.3 Å². The van der Waals surface area contributed by atoms with E-state index in [1.54, 1.807) is 38.1 Å². The molecule has 0 spiro atoms. The first-order valence-corrected chi connectivity index (χ1v) is 12.2. The molecule has 1 aliphatic rings. The largest absolute Gasteiger partial charge is 0.478 e. The Hall–Kier alpha value is -4.57. The van der Waals surface area contributed by atoms with Gasteiger partial charge in [0.15, 0.2) is 10.6 Å². The number of carboxylic acids is 1. The predicted octanol–water partition coefficient (Wildman–Crippen LogP) is 3.15. The lowest BCUT2D eigenvalue weighted by Crippen LogP contribution is -2.39. The van der Waals surface area contributed by atoms with Gasteiger partial charge in [-0.2, -0.15) is 0 Å². The molecule has 0 radical (unpaired) electrons. The lowest BCUT2D eigenvalue weighted by molar-refractivity contribution is -0.139. The van der Waals surface area contributed by atoms with Crippen molar-refractivity contribution in [3.63, 3.8) is 0 Å². The highest BCUT2D eigenvalue weighted by Gasteiger charge is 2.33. The molecule has 4 aromatic rings. The maximum atomic E-state index is 13.6. The molecule has 9 nitrogen and oxygen atoms in total. The summed E-state index contributed by atoms with van der Waals surface area (Å²) in [5, 5.41) is 9.06. The smallest absolute Gasteiger partial charge is 0.338 e. The van der Waals surface area contributed by atoms with Crippen LogP contribution in [0.3, 0.4) is 0 Å². The summed E-state index contributed by atoms with van der Waals surface area (Å²) in [4.78, 5) is 46.7. The number of aromatic carboxylic acids is 1. The number of hydrogen-bond acceptors (Lipinski definition) is 8. The van der Waals surface area contributed by atoms with E-state index >= 15 is 0 Å². The van der Waals surface area contributed by atoms with Gasteiger partial charge in [-0.3, -0.25) is 14.3 Å². The Morgan fingerprint density at radius 2 is 1.95 bits per heavy atom. The number of pyridine rings is 1. The third-order valence-electron chi connectivity index (χ3n) is 5.80. The van der Waals surface area contributed by atoms with Gasteiger partial charge in [-0.1, -0.05) is 41.7 Å². The Bertz CT molecular complexity index is 1710. The van der Waals surface area contributed by atoms with E-state index in [1.807, 2.05) is 30.3 Å². The number of allylic oxidation sites excluding steroid dienone is 1. The van der Waals surface area contributed by atoms with Crippen LogP contribution >= 0.6 is 11.3 Å². The summed E-state index contributed by atoms with van der Waals surface area (Å²) in [5.41, 5.74) is 1.81. The van der Waals surface area contributed by atoms with Gasteiger partial charge in [0.05, 0.1) is 34.0 Å². The highest BCUT2D eigenvalue weighted by atomic mass is 32.1. The maximum Gasteiger partial charge on any atom is 0.338 e. The molecular formula is C27H21N3O6S. The SMILES string of the molecule is CCOC(=O)C1=C(C)N=c2sc(=Cc3ccc(-c4ccc(C(=O)O)cn4)o3)c(=O)n2C1c1ccccc1. The van der Waals surface area contributed by atoms with Gasteiger partial charge in [-0.15, -0.1) is 0 Å². The molecule has 0 amide bonds. The first-order valence-electron chi connectivity index (χ1n) is 11.4. The number of fused-ring (bicyclic) bond motifs is 1. The average Bonchev–Trinajstić information content (AvgIpc) is 3.48. The molecule has 5 rings (SSSR count). The molecule has 186 valence electrons. The number of esters is 1. The predicted molar refractivity (Wildman–Crippen MR) is 136 cm³/mol. The van der Waals surface area contributed by atoms with E-state index in [0.29, 0.717) is 37.8 Å². The Morgan fingerprint density at radius 1 is 1.16 bits per heavy atom. The van der Waals surface area contributed by atoms with Gasteiger partial charge in [0.2, 0.25) is 0 Å². The van der Waals surface area contributed by atoms with Crippen LogP contribution in [-0.4, -0.2) is 33.2 Å². The number of benzene rings is 1. The van der Waals surface area contributed by atoms with Crippen LogP contribution in [0.25, 0.3) is 17.5 Å². The number of carboxylic acid groups (broad SMARTS) is 1. The molecule has 0 bridgehead atoms. The van der Waals surface area contributed by atoms with Crippen LogP contribution < -0.4 is 14.9 Å². The zero-order chi connectivity index (χ0) is 26.1. The number of rotatable bonds is 6. The summed E-state index contributed by atoms with van der Waals surface area (Å²) < 4.78 is 13.1. The van der Waals surface area contributed by atoms with E-state index in [-0.39, 0.29) is 17.7 Å². The van der Waals surface area contributed by atoms with E-state index in [1.165, 1.54) is 28.2 Å². The number of carbonyl (C=O) groups is 2. The van der Waals surface area contributed by atoms with Crippen LogP contribution in [0.1, 0.15) is 41.6 Å². The fourth-order valence-electron chi connectivity index (χ4n) is 4.11. The van der Waals surface area contributed by atoms with Crippen molar-refractivity contribution < 1.29 is 23.8 Å². The van der Waals surface area contributed by atoms with Gasteiger partial charge in [0.25, 0.3) is 5.56 Å². The number of hydrogen-bond donors (Lipinski definition) is 1. The van der Waals surface area contributed by atoms with Crippen LogP contribution in [0.2, 0.25) is 0 Å². The Balaban J connectivity index is 1.59. The van der Waals surface area contributed by atoms with Crippen molar-refractivity contribution in [3.8, 4) is 11.5 Å². The second kappa shape index (κ2) is 9.82. The Kier molecular flexibility index (Phi) is 6.41. The van der Waals surface area contributed by atoms with Crippen molar-refractivity contribution in [3.05, 3.63) is 109 Å². The van der Waals surface area contributed by atoms with Crippen molar-refractivity contribution in [1.29, 1.82) is 0 Å². The van der Waals surface area contributed by atoms with Crippen LogP contribution in [-0.2, 0) is 9.53 Å². The summed E-state index contributed by atoms with van der Waals surface area (Å²) >= 11 is 1.20. The van der Waals surface area contributed by atoms with Crippen LogP contribution in [0.5, 0.6) is 0 Å². The molecule has 1 unspecified atom stereocenters. The molecule has 1 N–H and O–H groups in total. The van der Waals surface area contributed by atoms with E-state index in [9.17, 15) is 14.4 Å². The quantitative estimate of drug-likeness (QED) is 0.391. The topological polar surface area (TPSA) is 124 Å². The molecule has 0 saturated carbocycles. The molecule has 0 fully saturated rings. The molecule has 1 aromatic carbocycles. The third kappa shape index (κ3) is 4.54. The molecule has 3 aromatic heterocycles. The molecule has 0 aliphatic carbocycles. The summed E-state index contributed by atoms with van der Waals surface area (Å²) in [7, 11) is 0. The standard InChI is InChI=1S/C27H21N3O6S/c1-3-35-26(34)22-15(2)29-27-30(23(22)16-7-5-4-6-8-16)24(31)21(37-27)13-18-10-12-20(36-18)19-11-9-17(14-28-19)25(32)33/h4-14,23H,3H2,1-2H3,(H,32,33). The van der Waals surface area contributed by atoms with E-state index in [4.69, 9.17) is 14.3 Å². The summed E-state index contributed by atoms with van der Waals surface area (Å²) in [6.45, 7) is 3.67. The van der Waals surface area contributed by atoms with Crippen molar-refractivity contribution >= 4 is 29.4 Å². The minimum Gasteiger partial charge on any atom is -0.478 e. The molecule has 37 heavy (non-hydrogen) atoms. The molecular weight excluding hydrogens is 494 g/mol. The zero-order valence-electron chi connectivity index (χ0n) is 19.9. The zero-order valence-corrected chi connectivity index (χ0v) is 20.7. The van der Waals surface area contributed by atoms with Crippen molar-refractivity contribution in [2.24, 2.45) is 4.99 Å². The van der Waals surface area contributed by atoms with Crippen molar-refractivity contribution in [2.75, 3.05) is 6.61 Å². The Labute approximate surface area is 214 Å². The molecule has 1 aliphatic heterocycles. The molecule has 1 atom stereocenters. The first kappa shape index (κ1) is 24.1. The van der Waals surface area contributed by atoms with Crippen LogP contribution in [0, 0.1) is 0 Å². The number of thiazole rings is 1. The minimum atomic E-state index is -1.07. The third-order valence-corrected chi connectivity index (χ3v) is 6.78. The lowest BCUT2D eigenvalue weighted by atomic mass is 9.96. The summed E-state index contributed by atoms with van der Waals surface area (Å²) in [5.74, 6) is -0.728. The number of aromatic nitrogens is 2. The molecule has 10 heteroatoms. The normalized spacial score (nSPS) is 15.3. The summed E-state index contributed by atoms with van der Waals surface area (Å²) in [6.07, 6.45) is 2.87. The second-order valence-electron chi connectivity index (χ2n) is 8.15. The minimum absolute atomic E-state index is 0.0714. The number of furan rings is 1. The highest BCUT2D eigenvalue weighted by Crippen LogP contribution is 2.30. The van der Waals surface area contributed by atoms with E-state index in [2.05, 4.69) is 9.98 Å². The van der Waals surface area contributed by atoms with Crippen LogP contribution in [0.15, 0.2) is 86.3 Å². The highest BCUT2D eigenvalue weighted by molar-refractivity contribution is 7.07. The van der Waals surface area contributed by atoms with Gasteiger partial charge in [0, 0.05) is 12.3 Å². The lowest BCUT2D eigenvalue weighted by Gasteiger charge is -2.24. The fourth-order valence-corrected chi connectivity index (χ4v) is 5.13. The van der Waals surface area contributed by atoms with Gasteiger partial charge in [0.1, 0.15) is 11.5 Å². The average molecular weight is 516 g/mol. The van der Waals surface area contributed by atoms with Crippen molar-refractivity contribution in [2.45, 2.75) is 19.9 Å². The fraction of sp³-hybridized carbons (Fsp3) is 0.148. The number of ether oxygens (including phenoxy) is 1. The second-order valence-corrected chi connectivity index (χ2v) is 9.16. The first-order chi connectivity index (χ1) is 17.9. The monoisotopic (exact) mass is 515 g/mol.